The Labute approximate surface area is 126 Å². The van der Waals surface area contributed by atoms with E-state index in [9.17, 15) is 0 Å². The van der Waals surface area contributed by atoms with Gasteiger partial charge in [-0.05, 0) is 61.7 Å². The molecular formula is C20H32. The topological polar surface area (TPSA) is 0 Å². The van der Waals surface area contributed by atoms with Gasteiger partial charge in [-0.15, -0.1) is 0 Å². The molecule has 0 radical (unpaired) electrons. The van der Waals surface area contributed by atoms with E-state index in [1.807, 2.05) is 6.08 Å². The predicted molar refractivity (Wildman–Crippen MR) is 89.7 cm³/mol. The van der Waals surface area contributed by atoms with Gasteiger partial charge in [-0.2, -0.15) is 0 Å². The van der Waals surface area contributed by atoms with E-state index in [0.717, 1.165) is 12.3 Å². The van der Waals surface area contributed by atoms with Gasteiger partial charge in [0.15, 0.2) is 0 Å². The molecule has 0 heterocycles. The van der Waals surface area contributed by atoms with E-state index in [1.54, 1.807) is 0 Å². The van der Waals surface area contributed by atoms with Crippen molar-refractivity contribution in [1.29, 1.82) is 0 Å². The lowest BCUT2D eigenvalue weighted by molar-refractivity contribution is -0.0510. The van der Waals surface area contributed by atoms with Gasteiger partial charge in [0.1, 0.15) is 0 Å². The fourth-order valence-corrected chi connectivity index (χ4v) is 5.10. The van der Waals surface area contributed by atoms with Crippen LogP contribution in [0.2, 0.25) is 0 Å². The highest BCUT2D eigenvalue weighted by Gasteiger charge is 2.52. The van der Waals surface area contributed by atoms with Crippen LogP contribution >= 0.6 is 0 Å². The van der Waals surface area contributed by atoms with E-state index in [1.165, 1.54) is 43.3 Å². The highest BCUT2D eigenvalue weighted by Crippen LogP contribution is 2.61. The smallest absolute Gasteiger partial charge is 0.0114 e. The summed E-state index contributed by atoms with van der Waals surface area (Å²) in [7, 11) is 0. The second kappa shape index (κ2) is 5.54. The van der Waals surface area contributed by atoms with Crippen molar-refractivity contribution in [2.24, 2.45) is 22.7 Å². The van der Waals surface area contributed by atoms with Gasteiger partial charge in [0, 0.05) is 0 Å². The van der Waals surface area contributed by atoms with Gasteiger partial charge in [-0.3, -0.25) is 0 Å². The van der Waals surface area contributed by atoms with Gasteiger partial charge >= 0.3 is 0 Å². The monoisotopic (exact) mass is 272 g/mol. The zero-order valence-corrected chi connectivity index (χ0v) is 14.0. The summed E-state index contributed by atoms with van der Waals surface area (Å²) in [5.41, 5.74) is 3.76. The van der Waals surface area contributed by atoms with Crippen molar-refractivity contribution < 1.29 is 0 Å². The molecule has 0 bridgehead atoms. The van der Waals surface area contributed by atoms with Gasteiger partial charge < -0.3 is 0 Å². The van der Waals surface area contributed by atoms with Gasteiger partial charge in [-0.25, -0.2) is 0 Å². The first-order chi connectivity index (χ1) is 9.31. The van der Waals surface area contributed by atoms with Crippen molar-refractivity contribution >= 4 is 0 Å². The second-order valence-corrected chi connectivity index (χ2v) is 8.04. The van der Waals surface area contributed by atoms with Crippen LogP contribution in [0.25, 0.3) is 0 Å². The minimum Gasteiger partial charge on any atom is -0.0995 e. The minimum absolute atomic E-state index is 0.453. The Kier molecular flexibility index (Phi) is 4.33. The number of allylic oxidation sites excluding steroid dienone is 4. The van der Waals surface area contributed by atoms with Crippen molar-refractivity contribution in [1.82, 2.24) is 0 Å². The summed E-state index contributed by atoms with van der Waals surface area (Å²) in [5, 5.41) is 0. The lowest BCUT2D eigenvalue weighted by Crippen LogP contribution is -2.49. The minimum atomic E-state index is 0.453. The van der Waals surface area contributed by atoms with Gasteiger partial charge in [0.2, 0.25) is 0 Å². The molecule has 0 aromatic carbocycles. The van der Waals surface area contributed by atoms with Crippen molar-refractivity contribution in [3.63, 3.8) is 0 Å². The molecule has 0 aliphatic heterocycles. The second-order valence-electron chi connectivity index (χ2n) is 8.04. The number of hydrogen-bond acceptors (Lipinski definition) is 0. The van der Waals surface area contributed by atoms with Crippen LogP contribution in [0.5, 0.6) is 0 Å². The average molecular weight is 272 g/mol. The Hall–Kier alpha value is -0.780. The quantitative estimate of drug-likeness (QED) is 0.417. The Morgan fingerprint density at radius 2 is 2.00 bits per heavy atom. The summed E-state index contributed by atoms with van der Waals surface area (Å²) >= 11 is 0. The van der Waals surface area contributed by atoms with Crippen LogP contribution < -0.4 is 0 Å². The first-order valence-electron chi connectivity index (χ1n) is 8.28. The molecule has 0 aromatic rings. The first kappa shape index (κ1) is 15.6. The molecule has 0 nitrogen and oxygen atoms in total. The lowest BCUT2D eigenvalue weighted by atomic mass is 9.47. The van der Waals surface area contributed by atoms with Crippen LogP contribution in [0.4, 0.5) is 0 Å². The summed E-state index contributed by atoms with van der Waals surface area (Å²) < 4.78 is 0. The van der Waals surface area contributed by atoms with Crippen LogP contribution in [0.1, 0.15) is 66.2 Å². The van der Waals surface area contributed by atoms with E-state index in [-0.39, 0.29) is 0 Å². The average Bonchev–Trinajstić information content (AvgIpc) is 2.36. The maximum atomic E-state index is 4.43. The summed E-state index contributed by atoms with van der Waals surface area (Å²) in [6, 6.07) is 0. The van der Waals surface area contributed by atoms with E-state index in [2.05, 4.69) is 46.9 Å². The molecule has 3 atom stereocenters. The van der Waals surface area contributed by atoms with E-state index >= 15 is 0 Å². The molecule has 0 spiro atoms. The van der Waals surface area contributed by atoms with Crippen molar-refractivity contribution in [3.05, 3.63) is 36.5 Å². The Bertz CT molecular complexity index is 423. The predicted octanol–water partition coefficient (Wildman–Crippen LogP) is 6.31. The molecule has 0 saturated heterocycles. The third kappa shape index (κ3) is 2.67. The fourth-order valence-electron chi connectivity index (χ4n) is 5.10. The fraction of sp³-hybridized carbons (Fsp3) is 0.700. The molecular weight excluding hydrogens is 240 g/mol. The van der Waals surface area contributed by atoms with Crippen LogP contribution in [-0.2, 0) is 0 Å². The molecule has 0 N–H and O–H groups in total. The highest BCUT2D eigenvalue weighted by molar-refractivity contribution is 5.20. The zero-order valence-electron chi connectivity index (χ0n) is 14.0. The SMILES string of the molecule is C=CC(C)=CCC1C(=C)CCC2C(C)(C)CCCC12C. The zero-order chi connectivity index (χ0) is 15.0. The first-order valence-corrected chi connectivity index (χ1v) is 8.28. The maximum Gasteiger partial charge on any atom is -0.0114 e. The Balaban J connectivity index is 2.28. The lowest BCUT2D eigenvalue weighted by Gasteiger charge is -2.58. The maximum absolute atomic E-state index is 4.43. The molecule has 2 rings (SSSR count). The van der Waals surface area contributed by atoms with Crippen LogP contribution in [0, 0.1) is 22.7 Å². The van der Waals surface area contributed by atoms with Gasteiger partial charge in [0.05, 0.1) is 0 Å². The van der Waals surface area contributed by atoms with E-state index in [4.69, 9.17) is 0 Å². The standard InChI is InChI=1S/C20H32/c1-7-15(2)9-11-17-16(3)10-12-18-19(4,5)13-8-14-20(17,18)6/h7,9,17-18H,1,3,8,10-14H2,2,4-6H3. The highest BCUT2D eigenvalue weighted by atomic mass is 14.6. The molecule has 0 amide bonds. The Morgan fingerprint density at radius 3 is 2.65 bits per heavy atom. The third-order valence-corrected chi connectivity index (χ3v) is 6.32. The summed E-state index contributed by atoms with van der Waals surface area (Å²) in [5.74, 6) is 1.52. The van der Waals surface area contributed by atoms with Crippen LogP contribution in [-0.4, -0.2) is 0 Å². The molecule has 0 aromatic heterocycles. The van der Waals surface area contributed by atoms with Gasteiger partial charge in [0.25, 0.3) is 0 Å². The normalized spacial score (nSPS) is 37.4. The molecule has 2 aliphatic rings. The number of rotatable bonds is 3. The van der Waals surface area contributed by atoms with Crippen molar-refractivity contribution in [2.75, 3.05) is 0 Å². The summed E-state index contributed by atoms with van der Waals surface area (Å²) in [6.07, 6.45) is 12.2. The number of fused-ring (bicyclic) bond motifs is 1. The van der Waals surface area contributed by atoms with Crippen LogP contribution in [0.15, 0.2) is 36.5 Å². The molecule has 2 fully saturated rings. The largest absolute Gasteiger partial charge is 0.0995 e. The Morgan fingerprint density at radius 1 is 1.30 bits per heavy atom. The number of hydrogen-bond donors (Lipinski definition) is 0. The van der Waals surface area contributed by atoms with Gasteiger partial charge in [-0.1, -0.05) is 63.6 Å². The summed E-state index contributed by atoms with van der Waals surface area (Å²) in [6.45, 7) is 18.0. The molecule has 2 aliphatic carbocycles. The van der Waals surface area contributed by atoms with Crippen molar-refractivity contribution in [3.8, 4) is 0 Å². The molecule has 20 heavy (non-hydrogen) atoms. The van der Waals surface area contributed by atoms with E-state index < -0.39 is 0 Å². The van der Waals surface area contributed by atoms with Crippen molar-refractivity contribution in [2.45, 2.75) is 66.2 Å². The molecule has 2 saturated carbocycles. The molecule has 112 valence electrons. The summed E-state index contributed by atoms with van der Waals surface area (Å²) in [4.78, 5) is 0. The molecule has 3 unspecified atom stereocenters. The molecule has 0 heteroatoms. The van der Waals surface area contributed by atoms with Crippen LogP contribution in [0.3, 0.4) is 0 Å². The van der Waals surface area contributed by atoms with E-state index in [0.29, 0.717) is 16.7 Å². The third-order valence-electron chi connectivity index (χ3n) is 6.32.